The molecule has 5 heteroatoms. The molecule has 0 aromatic carbocycles. The summed E-state index contributed by atoms with van der Waals surface area (Å²) in [5.41, 5.74) is 5.67. The molecule has 2 rings (SSSR count). The molecule has 4 nitrogen and oxygen atoms in total. The third-order valence-corrected chi connectivity index (χ3v) is 3.29. The molecule has 1 aliphatic rings. The van der Waals surface area contributed by atoms with E-state index in [1.807, 2.05) is 0 Å². The maximum absolute atomic E-state index is 5.84. The van der Waals surface area contributed by atoms with E-state index in [9.17, 15) is 0 Å². The van der Waals surface area contributed by atoms with E-state index in [0.717, 1.165) is 18.7 Å². The van der Waals surface area contributed by atoms with Crippen molar-refractivity contribution in [1.82, 2.24) is 9.97 Å². The monoisotopic (exact) mass is 240 g/mol. The van der Waals surface area contributed by atoms with Gasteiger partial charge in [0, 0.05) is 11.6 Å². The van der Waals surface area contributed by atoms with Crippen molar-refractivity contribution in [3.8, 4) is 0 Å². The van der Waals surface area contributed by atoms with Crippen molar-refractivity contribution in [2.45, 2.75) is 44.6 Å². The minimum absolute atomic E-state index is 0.113. The van der Waals surface area contributed by atoms with Crippen LogP contribution in [0.1, 0.15) is 39.0 Å². The molecule has 1 aromatic rings. The van der Waals surface area contributed by atoms with Crippen molar-refractivity contribution in [3.05, 3.63) is 11.2 Å². The van der Waals surface area contributed by atoms with Crippen LogP contribution in [-0.2, 0) is 0 Å². The highest BCUT2D eigenvalue weighted by Gasteiger charge is 2.26. The summed E-state index contributed by atoms with van der Waals surface area (Å²) in [5, 5.41) is 3.81. The molecule has 0 radical (unpaired) electrons. The van der Waals surface area contributed by atoms with Crippen LogP contribution in [0.15, 0.2) is 6.07 Å². The SMILES string of the molecule is CC1(Nc2cc(Cl)nc(N)n2)CCCCC1. The molecule has 3 N–H and O–H groups in total. The zero-order valence-electron chi connectivity index (χ0n) is 9.46. The van der Waals surface area contributed by atoms with Crippen LogP contribution in [0.25, 0.3) is 0 Å². The summed E-state index contributed by atoms with van der Waals surface area (Å²) in [4.78, 5) is 7.99. The van der Waals surface area contributed by atoms with Crippen LogP contribution >= 0.6 is 11.6 Å². The van der Waals surface area contributed by atoms with E-state index in [0.29, 0.717) is 5.15 Å². The molecule has 0 atom stereocenters. The summed E-state index contributed by atoms with van der Waals surface area (Å²) < 4.78 is 0. The Morgan fingerprint density at radius 3 is 2.62 bits per heavy atom. The number of halogens is 1. The quantitative estimate of drug-likeness (QED) is 0.781. The Morgan fingerprint density at radius 2 is 2.00 bits per heavy atom. The van der Waals surface area contributed by atoms with Gasteiger partial charge in [0.2, 0.25) is 5.95 Å². The molecular formula is C11H17ClN4. The normalized spacial score (nSPS) is 19.4. The fourth-order valence-corrected chi connectivity index (χ4v) is 2.46. The van der Waals surface area contributed by atoms with Gasteiger partial charge in [0.25, 0.3) is 0 Å². The van der Waals surface area contributed by atoms with Gasteiger partial charge in [0.15, 0.2) is 0 Å². The van der Waals surface area contributed by atoms with Crippen LogP contribution in [0.4, 0.5) is 11.8 Å². The number of anilines is 2. The van der Waals surface area contributed by atoms with Crippen LogP contribution in [0.3, 0.4) is 0 Å². The first-order valence-electron chi connectivity index (χ1n) is 5.66. The Bertz CT molecular complexity index is 354. The highest BCUT2D eigenvalue weighted by molar-refractivity contribution is 6.29. The lowest BCUT2D eigenvalue weighted by molar-refractivity contribution is 0.348. The van der Waals surface area contributed by atoms with Gasteiger partial charge in [0.1, 0.15) is 11.0 Å². The minimum Gasteiger partial charge on any atom is -0.368 e. The average molecular weight is 241 g/mol. The van der Waals surface area contributed by atoms with Crippen molar-refractivity contribution >= 4 is 23.4 Å². The Hall–Kier alpha value is -1.03. The van der Waals surface area contributed by atoms with Gasteiger partial charge in [0.05, 0.1) is 0 Å². The number of aromatic nitrogens is 2. The number of nitrogens with two attached hydrogens (primary N) is 1. The van der Waals surface area contributed by atoms with Crippen molar-refractivity contribution in [1.29, 1.82) is 0 Å². The first-order chi connectivity index (χ1) is 7.57. The van der Waals surface area contributed by atoms with Crippen molar-refractivity contribution in [2.75, 3.05) is 11.1 Å². The number of nitrogen functional groups attached to an aromatic ring is 1. The van der Waals surface area contributed by atoms with Crippen LogP contribution in [0.5, 0.6) is 0 Å². The highest BCUT2D eigenvalue weighted by atomic mass is 35.5. The maximum atomic E-state index is 5.84. The van der Waals surface area contributed by atoms with E-state index in [2.05, 4.69) is 22.2 Å². The van der Waals surface area contributed by atoms with Gasteiger partial charge in [-0.3, -0.25) is 0 Å². The van der Waals surface area contributed by atoms with E-state index in [1.165, 1.54) is 19.3 Å². The smallest absolute Gasteiger partial charge is 0.223 e. The summed E-state index contributed by atoms with van der Waals surface area (Å²) in [6.07, 6.45) is 6.17. The van der Waals surface area contributed by atoms with E-state index < -0.39 is 0 Å². The molecule has 1 heterocycles. The van der Waals surface area contributed by atoms with Crippen LogP contribution in [-0.4, -0.2) is 15.5 Å². The third-order valence-electron chi connectivity index (χ3n) is 3.10. The van der Waals surface area contributed by atoms with Gasteiger partial charge >= 0.3 is 0 Å². The predicted octanol–water partition coefficient (Wildman–Crippen LogP) is 2.85. The van der Waals surface area contributed by atoms with Gasteiger partial charge in [-0.05, 0) is 19.8 Å². The summed E-state index contributed by atoms with van der Waals surface area (Å²) in [6, 6.07) is 1.72. The van der Waals surface area contributed by atoms with Crippen LogP contribution in [0, 0.1) is 0 Å². The largest absolute Gasteiger partial charge is 0.368 e. The minimum atomic E-state index is 0.113. The number of nitrogens with one attached hydrogen (secondary N) is 1. The summed E-state index contributed by atoms with van der Waals surface area (Å²) in [7, 11) is 0. The lowest BCUT2D eigenvalue weighted by Gasteiger charge is -2.35. The lowest BCUT2D eigenvalue weighted by Crippen LogP contribution is -2.37. The second-order valence-electron chi connectivity index (χ2n) is 4.68. The molecule has 0 amide bonds. The molecule has 1 aromatic heterocycles. The summed E-state index contributed by atoms with van der Waals surface area (Å²) in [6.45, 7) is 2.22. The number of hydrogen-bond acceptors (Lipinski definition) is 4. The lowest BCUT2D eigenvalue weighted by atomic mass is 9.83. The fourth-order valence-electron chi connectivity index (χ4n) is 2.27. The zero-order chi connectivity index (χ0) is 11.6. The maximum Gasteiger partial charge on any atom is 0.223 e. The second-order valence-corrected chi connectivity index (χ2v) is 5.07. The first-order valence-corrected chi connectivity index (χ1v) is 6.03. The third kappa shape index (κ3) is 2.76. The predicted molar refractivity (Wildman–Crippen MR) is 66.6 cm³/mol. The molecule has 0 spiro atoms. The average Bonchev–Trinajstić information content (AvgIpc) is 2.15. The van der Waals surface area contributed by atoms with E-state index >= 15 is 0 Å². The Labute approximate surface area is 101 Å². The first kappa shape index (κ1) is 11.5. The van der Waals surface area contributed by atoms with Crippen LogP contribution < -0.4 is 11.1 Å². The molecular weight excluding hydrogens is 224 g/mol. The Morgan fingerprint density at radius 1 is 1.31 bits per heavy atom. The molecule has 0 unspecified atom stereocenters. The van der Waals surface area contributed by atoms with Crippen LogP contribution in [0.2, 0.25) is 5.15 Å². The Balaban J connectivity index is 2.13. The second kappa shape index (κ2) is 4.45. The topological polar surface area (TPSA) is 63.8 Å². The van der Waals surface area contributed by atoms with Crippen molar-refractivity contribution in [3.63, 3.8) is 0 Å². The Kier molecular flexibility index (Phi) is 3.19. The molecule has 0 aliphatic heterocycles. The number of hydrogen-bond donors (Lipinski definition) is 2. The molecule has 88 valence electrons. The molecule has 0 saturated heterocycles. The summed E-state index contributed by atoms with van der Waals surface area (Å²) in [5.74, 6) is 0.941. The van der Waals surface area contributed by atoms with Crippen molar-refractivity contribution in [2.24, 2.45) is 0 Å². The number of nitrogens with zero attached hydrogens (tertiary/aromatic N) is 2. The van der Waals surface area contributed by atoms with Gasteiger partial charge in [-0.15, -0.1) is 0 Å². The van der Waals surface area contributed by atoms with Gasteiger partial charge in [-0.1, -0.05) is 30.9 Å². The standard InChI is InChI=1S/C11H17ClN4/c1-11(5-3-2-4-6-11)16-9-7-8(12)14-10(13)15-9/h7H,2-6H2,1H3,(H3,13,14,15,16). The van der Waals surface area contributed by atoms with Gasteiger partial charge < -0.3 is 11.1 Å². The van der Waals surface area contributed by atoms with Gasteiger partial charge in [-0.2, -0.15) is 4.98 Å². The van der Waals surface area contributed by atoms with E-state index in [1.54, 1.807) is 6.07 Å². The molecule has 0 bridgehead atoms. The molecule has 1 aliphatic carbocycles. The molecule has 1 fully saturated rings. The molecule has 1 saturated carbocycles. The highest BCUT2D eigenvalue weighted by Crippen LogP contribution is 2.31. The molecule has 16 heavy (non-hydrogen) atoms. The van der Waals surface area contributed by atoms with Crippen molar-refractivity contribution < 1.29 is 0 Å². The zero-order valence-corrected chi connectivity index (χ0v) is 10.2. The van der Waals surface area contributed by atoms with Gasteiger partial charge in [-0.25, -0.2) is 4.98 Å². The van der Waals surface area contributed by atoms with E-state index in [-0.39, 0.29) is 11.5 Å². The fraction of sp³-hybridized carbons (Fsp3) is 0.636. The summed E-state index contributed by atoms with van der Waals surface area (Å²) >= 11 is 5.84. The number of rotatable bonds is 2. The van der Waals surface area contributed by atoms with E-state index in [4.69, 9.17) is 17.3 Å².